The van der Waals surface area contributed by atoms with Crippen LogP contribution in [0.15, 0.2) is 47.6 Å². The van der Waals surface area contributed by atoms with Crippen LogP contribution >= 0.6 is 0 Å². The van der Waals surface area contributed by atoms with Gasteiger partial charge in [-0.2, -0.15) is 0 Å². The quantitative estimate of drug-likeness (QED) is 0.561. The summed E-state index contributed by atoms with van der Waals surface area (Å²) in [6, 6.07) is 14.3. The molecular formula is C23H26N2O3. The van der Waals surface area contributed by atoms with E-state index in [1.54, 1.807) is 7.11 Å². The van der Waals surface area contributed by atoms with E-state index in [-0.39, 0.29) is 5.91 Å². The zero-order valence-electron chi connectivity index (χ0n) is 16.3. The first-order chi connectivity index (χ1) is 13.8. The van der Waals surface area contributed by atoms with Gasteiger partial charge in [0, 0.05) is 29.8 Å². The maximum absolute atomic E-state index is 12.7. The Morgan fingerprint density at radius 1 is 1.11 bits per heavy atom. The monoisotopic (exact) mass is 378 g/mol. The van der Waals surface area contributed by atoms with Gasteiger partial charge in [0.15, 0.2) is 0 Å². The number of benzene rings is 2. The highest BCUT2D eigenvalue weighted by Crippen LogP contribution is 2.31. The molecule has 1 aliphatic carbocycles. The lowest BCUT2D eigenvalue weighted by atomic mass is 10.0. The lowest BCUT2D eigenvalue weighted by molar-refractivity contribution is -0.118. The van der Waals surface area contributed by atoms with E-state index in [1.165, 1.54) is 11.1 Å². The largest absolute Gasteiger partial charge is 0.493 e. The van der Waals surface area contributed by atoms with Gasteiger partial charge in [0.05, 0.1) is 12.3 Å². The van der Waals surface area contributed by atoms with E-state index < -0.39 is 0 Å². The third-order valence-electron chi connectivity index (χ3n) is 5.46. The summed E-state index contributed by atoms with van der Waals surface area (Å²) < 4.78 is 6.02. The van der Waals surface area contributed by atoms with Crippen LogP contribution in [-0.4, -0.2) is 31.9 Å². The van der Waals surface area contributed by atoms with E-state index in [0.29, 0.717) is 19.4 Å². The van der Waals surface area contributed by atoms with Crippen LogP contribution in [0.5, 0.6) is 5.75 Å². The van der Waals surface area contributed by atoms with E-state index in [1.807, 2.05) is 29.2 Å². The lowest BCUT2D eigenvalue weighted by Gasteiger charge is -2.29. The molecule has 146 valence electrons. The van der Waals surface area contributed by atoms with Crippen molar-refractivity contribution in [1.29, 1.82) is 0 Å². The molecule has 28 heavy (non-hydrogen) atoms. The first-order valence-electron chi connectivity index (χ1n) is 10.0. The number of ether oxygens (including phenoxy) is 1. The molecule has 2 aliphatic rings. The molecular weight excluding hydrogens is 352 g/mol. The average molecular weight is 378 g/mol. The van der Waals surface area contributed by atoms with Gasteiger partial charge >= 0.3 is 0 Å². The van der Waals surface area contributed by atoms with E-state index in [0.717, 1.165) is 54.9 Å². The fourth-order valence-electron chi connectivity index (χ4n) is 4.15. The second kappa shape index (κ2) is 8.46. The number of fused-ring (bicyclic) bond motifs is 2. The van der Waals surface area contributed by atoms with Crippen molar-refractivity contribution in [1.82, 2.24) is 0 Å². The fraction of sp³-hybridized carbons (Fsp3) is 0.391. The molecule has 0 saturated heterocycles. The molecule has 1 amide bonds. The molecule has 0 saturated carbocycles. The first kappa shape index (κ1) is 18.5. The number of amides is 1. The van der Waals surface area contributed by atoms with Crippen molar-refractivity contribution in [3.8, 4) is 5.75 Å². The molecule has 0 atom stereocenters. The van der Waals surface area contributed by atoms with Crippen molar-refractivity contribution in [2.75, 3.05) is 25.2 Å². The molecule has 0 N–H and O–H groups in total. The van der Waals surface area contributed by atoms with Crippen LogP contribution in [0.4, 0.5) is 5.69 Å². The standard InChI is InChI=1S/C23H26N2O3/c1-27-24-20-14-13-19-18(20)9-4-11-22(19)28-16-6-12-23(26)25-15-5-8-17-7-2-3-10-21(17)25/h2-4,7,9-11H,5-6,8,12-16H2,1H3/b24-20+. The molecule has 1 heterocycles. The van der Waals surface area contributed by atoms with Crippen molar-refractivity contribution in [3.05, 3.63) is 59.2 Å². The summed E-state index contributed by atoms with van der Waals surface area (Å²) in [7, 11) is 1.57. The minimum Gasteiger partial charge on any atom is -0.493 e. The summed E-state index contributed by atoms with van der Waals surface area (Å²) in [4.78, 5) is 19.6. The fourth-order valence-corrected chi connectivity index (χ4v) is 4.15. The zero-order valence-corrected chi connectivity index (χ0v) is 16.3. The lowest BCUT2D eigenvalue weighted by Crippen LogP contribution is -2.35. The number of oxime groups is 1. The Bertz CT molecular complexity index is 891. The van der Waals surface area contributed by atoms with E-state index in [4.69, 9.17) is 9.57 Å². The summed E-state index contributed by atoms with van der Waals surface area (Å²) in [6.45, 7) is 1.35. The summed E-state index contributed by atoms with van der Waals surface area (Å²) in [6.07, 6.45) is 5.07. The van der Waals surface area contributed by atoms with Gasteiger partial charge in [-0.3, -0.25) is 4.79 Å². The minimum absolute atomic E-state index is 0.184. The molecule has 0 unspecified atom stereocenters. The summed E-state index contributed by atoms with van der Waals surface area (Å²) in [5.74, 6) is 1.08. The highest BCUT2D eigenvalue weighted by Gasteiger charge is 2.23. The Labute approximate surface area is 165 Å². The van der Waals surface area contributed by atoms with Gasteiger partial charge in [0.2, 0.25) is 5.91 Å². The number of anilines is 1. The number of hydrogen-bond donors (Lipinski definition) is 0. The van der Waals surface area contributed by atoms with Gasteiger partial charge in [-0.05, 0) is 49.8 Å². The van der Waals surface area contributed by atoms with E-state index >= 15 is 0 Å². The molecule has 1 aliphatic heterocycles. The maximum atomic E-state index is 12.7. The topological polar surface area (TPSA) is 51.1 Å². The third kappa shape index (κ3) is 3.75. The zero-order chi connectivity index (χ0) is 19.3. The van der Waals surface area contributed by atoms with Crippen LogP contribution in [0, 0.1) is 0 Å². The van der Waals surface area contributed by atoms with Crippen molar-refractivity contribution >= 4 is 17.3 Å². The Balaban J connectivity index is 1.33. The second-order valence-electron chi connectivity index (χ2n) is 7.23. The Morgan fingerprint density at radius 2 is 2.00 bits per heavy atom. The predicted octanol–water partition coefficient (Wildman–Crippen LogP) is 4.12. The number of carbonyl (C=O) groups excluding carboxylic acids is 1. The molecule has 0 radical (unpaired) electrons. The van der Waals surface area contributed by atoms with Gasteiger partial charge < -0.3 is 14.5 Å². The van der Waals surface area contributed by atoms with E-state index in [9.17, 15) is 4.79 Å². The van der Waals surface area contributed by atoms with Crippen LogP contribution in [0.2, 0.25) is 0 Å². The average Bonchev–Trinajstić information content (AvgIpc) is 3.14. The Morgan fingerprint density at radius 3 is 2.89 bits per heavy atom. The highest BCUT2D eigenvalue weighted by molar-refractivity contribution is 6.04. The van der Waals surface area contributed by atoms with Crippen molar-refractivity contribution in [2.45, 2.75) is 38.5 Å². The molecule has 0 fully saturated rings. The van der Waals surface area contributed by atoms with Gasteiger partial charge in [-0.15, -0.1) is 0 Å². The van der Waals surface area contributed by atoms with Crippen molar-refractivity contribution in [3.63, 3.8) is 0 Å². The van der Waals surface area contributed by atoms with Gasteiger partial charge in [-0.1, -0.05) is 35.5 Å². The molecule has 4 rings (SSSR count). The number of para-hydroxylation sites is 1. The summed E-state index contributed by atoms with van der Waals surface area (Å²) >= 11 is 0. The van der Waals surface area contributed by atoms with Crippen LogP contribution < -0.4 is 9.64 Å². The Kier molecular flexibility index (Phi) is 5.60. The molecule has 0 aromatic heterocycles. The Hall–Kier alpha value is -2.82. The van der Waals surface area contributed by atoms with Crippen LogP contribution in [-0.2, 0) is 22.5 Å². The smallest absolute Gasteiger partial charge is 0.227 e. The van der Waals surface area contributed by atoms with Gasteiger partial charge in [-0.25, -0.2) is 0 Å². The van der Waals surface area contributed by atoms with Gasteiger partial charge in [0.1, 0.15) is 12.9 Å². The normalized spacial score (nSPS) is 16.6. The molecule has 5 nitrogen and oxygen atoms in total. The highest BCUT2D eigenvalue weighted by atomic mass is 16.6. The SMILES string of the molecule is CO/N=C1\CCc2c(OCCCC(=O)N3CCCc4ccccc43)cccc21. The van der Waals surface area contributed by atoms with Gasteiger partial charge in [0.25, 0.3) is 0 Å². The predicted molar refractivity (Wildman–Crippen MR) is 110 cm³/mol. The number of carbonyl (C=O) groups is 1. The molecule has 2 aromatic rings. The third-order valence-corrected chi connectivity index (χ3v) is 5.46. The number of hydrogen-bond acceptors (Lipinski definition) is 4. The summed E-state index contributed by atoms with van der Waals surface area (Å²) in [5, 5.41) is 4.11. The first-order valence-corrected chi connectivity index (χ1v) is 10.0. The van der Waals surface area contributed by atoms with Crippen LogP contribution in [0.1, 0.15) is 42.4 Å². The molecule has 0 spiro atoms. The van der Waals surface area contributed by atoms with Crippen LogP contribution in [0.3, 0.4) is 0 Å². The molecule has 2 aromatic carbocycles. The number of nitrogens with zero attached hydrogens (tertiary/aromatic N) is 2. The van der Waals surface area contributed by atoms with Crippen molar-refractivity contribution in [2.24, 2.45) is 5.16 Å². The molecule has 0 bridgehead atoms. The van der Waals surface area contributed by atoms with E-state index in [2.05, 4.69) is 23.4 Å². The maximum Gasteiger partial charge on any atom is 0.227 e. The number of rotatable bonds is 6. The minimum atomic E-state index is 0.184. The second-order valence-corrected chi connectivity index (χ2v) is 7.23. The molecule has 5 heteroatoms. The number of aryl methyl sites for hydroxylation is 1. The van der Waals surface area contributed by atoms with Crippen molar-refractivity contribution < 1.29 is 14.4 Å². The van der Waals surface area contributed by atoms with Crippen LogP contribution in [0.25, 0.3) is 0 Å². The summed E-state index contributed by atoms with van der Waals surface area (Å²) in [5.41, 5.74) is 5.62.